The Kier molecular flexibility index (Phi) is 7.30. The van der Waals surface area contributed by atoms with Gasteiger partial charge >= 0.3 is 0 Å². The summed E-state index contributed by atoms with van der Waals surface area (Å²) >= 11 is 11.7. The summed E-state index contributed by atoms with van der Waals surface area (Å²) in [6, 6.07) is 14.9. The highest BCUT2D eigenvalue weighted by Crippen LogP contribution is 2.32. The molecule has 0 saturated carbocycles. The third-order valence-electron chi connectivity index (χ3n) is 5.46. The number of aliphatic hydroxyl groups excluding tert-OH is 1. The van der Waals surface area contributed by atoms with Gasteiger partial charge in [0, 0.05) is 15.7 Å². The van der Waals surface area contributed by atoms with Crippen LogP contribution < -0.4 is 9.03 Å². The van der Waals surface area contributed by atoms with E-state index in [0.29, 0.717) is 10.0 Å². The van der Waals surface area contributed by atoms with Crippen molar-refractivity contribution in [2.45, 2.75) is 21.9 Å². The lowest BCUT2D eigenvalue weighted by molar-refractivity contribution is 0.184. The molecule has 0 unspecified atom stereocenters. The van der Waals surface area contributed by atoms with Gasteiger partial charge < -0.3 is 5.11 Å². The Morgan fingerprint density at radius 2 is 1.28 bits per heavy atom. The van der Waals surface area contributed by atoms with E-state index < -0.39 is 53.5 Å². The lowest BCUT2D eigenvalue weighted by atomic mass is 10.2. The zero-order valence-electron chi connectivity index (χ0n) is 18.3. The Hall–Kier alpha value is -2.35. The molecule has 0 radical (unpaired) electrons. The summed E-state index contributed by atoms with van der Waals surface area (Å²) in [4.78, 5) is -0.182. The third-order valence-corrected chi connectivity index (χ3v) is 10.9. The van der Waals surface area contributed by atoms with Crippen molar-refractivity contribution in [2.24, 2.45) is 0 Å². The number of rotatable bonds is 7. The number of hydrogen-bond acceptors (Lipinski definition) is 7. The van der Waals surface area contributed by atoms with Gasteiger partial charge in [-0.3, -0.25) is 9.03 Å². The fourth-order valence-corrected chi connectivity index (χ4v) is 8.62. The number of aliphatic hydroxyl groups is 1. The summed E-state index contributed by atoms with van der Waals surface area (Å²) in [6.07, 6.45) is -1.46. The second kappa shape index (κ2) is 9.84. The molecule has 9 nitrogen and oxygen atoms in total. The fourth-order valence-electron chi connectivity index (χ4n) is 3.77. The average molecular weight is 592 g/mol. The summed E-state index contributed by atoms with van der Waals surface area (Å²) in [7, 11) is -12.0. The Morgan fingerprint density at radius 1 is 0.778 bits per heavy atom. The number of nitrogens with one attached hydrogen (secondary N) is 1. The summed E-state index contributed by atoms with van der Waals surface area (Å²) in [5.74, 6) is -1.16. The number of sulfonamides is 2. The molecular weight excluding hydrogens is 571 g/mol. The van der Waals surface area contributed by atoms with E-state index in [-0.39, 0.29) is 21.2 Å². The molecule has 3 aromatic carbocycles. The van der Waals surface area contributed by atoms with E-state index in [2.05, 4.69) is 4.72 Å². The van der Waals surface area contributed by atoms with E-state index in [0.717, 1.165) is 4.31 Å². The molecule has 1 saturated heterocycles. The minimum absolute atomic E-state index is 0.0257. The predicted octanol–water partition coefficient (Wildman–Crippen LogP) is 3.15. The first-order valence-electron chi connectivity index (χ1n) is 10.4. The Balaban J connectivity index is 1.71. The fraction of sp³-hybridized carbons (Fsp3) is 0.182. The molecular formula is C22H20Cl2N2O7S3. The van der Waals surface area contributed by atoms with Crippen LogP contribution in [0.3, 0.4) is 0 Å². The molecule has 36 heavy (non-hydrogen) atoms. The van der Waals surface area contributed by atoms with Crippen LogP contribution in [0.5, 0.6) is 0 Å². The van der Waals surface area contributed by atoms with Crippen LogP contribution in [0.2, 0.25) is 10.0 Å². The second-order valence-corrected chi connectivity index (χ2v) is 14.6. The maximum absolute atomic E-state index is 13.6. The number of anilines is 2. The third kappa shape index (κ3) is 5.63. The van der Waals surface area contributed by atoms with Crippen molar-refractivity contribution in [2.75, 3.05) is 20.5 Å². The van der Waals surface area contributed by atoms with Crippen molar-refractivity contribution in [3.63, 3.8) is 0 Å². The van der Waals surface area contributed by atoms with Crippen LogP contribution in [-0.2, 0) is 29.9 Å². The lowest BCUT2D eigenvalue weighted by Crippen LogP contribution is -2.47. The highest BCUT2D eigenvalue weighted by molar-refractivity contribution is 7.93. The van der Waals surface area contributed by atoms with Crippen LogP contribution in [0, 0.1) is 0 Å². The maximum Gasteiger partial charge on any atom is 0.264 e. The van der Waals surface area contributed by atoms with Crippen LogP contribution in [-0.4, -0.2) is 54.0 Å². The van der Waals surface area contributed by atoms with Gasteiger partial charge in [0.15, 0.2) is 9.84 Å². The SMILES string of the molecule is O=S1(=O)C[C@@H](O)[C@H](N(c2ccc(NS(=O)(=O)c3ccc(Cl)cc3)cc2)S(=O)(=O)c2ccc(Cl)cc2)C1. The van der Waals surface area contributed by atoms with E-state index >= 15 is 0 Å². The van der Waals surface area contributed by atoms with Crippen LogP contribution in [0.1, 0.15) is 0 Å². The molecule has 1 aliphatic heterocycles. The molecule has 2 atom stereocenters. The number of halogens is 2. The molecule has 14 heteroatoms. The molecule has 0 aliphatic carbocycles. The van der Waals surface area contributed by atoms with E-state index in [4.69, 9.17) is 23.2 Å². The normalized spacial score (nSPS) is 19.6. The highest BCUT2D eigenvalue weighted by atomic mass is 35.5. The first kappa shape index (κ1) is 26.7. The van der Waals surface area contributed by atoms with Gasteiger partial charge in [-0.25, -0.2) is 25.3 Å². The molecule has 192 valence electrons. The van der Waals surface area contributed by atoms with Gasteiger partial charge in [-0.05, 0) is 72.8 Å². The topological polar surface area (TPSA) is 138 Å². The Morgan fingerprint density at radius 3 is 1.75 bits per heavy atom. The smallest absolute Gasteiger partial charge is 0.264 e. The molecule has 3 aromatic rings. The van der Waals surface area contributed by atoms with Crippen molar-refractivity contribution in [1.29, 1.82) is 0 Å². The number of nitrogens with zero attached hydrogens (tertiary/aromatic N) is 1. The van der Waals surface area contributed by atoms with E-state index in [1.165, 1.54) is 72.8 Å². The summed E-state index contributed by atoms with van der Waals surface area (Å²) in [6.45, 7) is 0. The van der Waals surface area contributed by atoms with E-state index in [1.807, 2.05) is 0 Å². The van der Waals surface area contributed by atoms with Crippen LogP contribution in [0.15, 0.2) is 82.6 Å². The van der Waals surface area contributed by atoms with Gasteiger partial charge in [-0.2, -0.15) is 0 Å². The average Bonchev–Trinajstić information content (AvgIpc) is 3.07. The van der Waals surface area contributed by atoms with Crippen molar-refractivity contribution < 1.29 is 30.4 Å². The molecule has 1 fully saturated rings. The molecule has 0 amide bonds. The van der Waals surface area contributed by atoms with Crippen LogP contribution >= 0.6 is 23.2 Å². The Labute approximate surface area is 219 Å². The molecule has 0 bridgehead atoms. The molecule has 1 aliphatic rings. The van der Waals surface area contributed by atoms with Gasteiger partial charge in [0.2, 0.25) is 0 Å². The molecule has 1 heterocycles. The monoisotopic (exact) mass is 590 g/mol. The minimum atomic E-state index is -4.33. The van der Waals surface area contributed by atoms with E-state index in [9.17, 15) is 30.4 Å². The van der Waals surface area contributed by atoms with Gasteiger partial charge in [-0.15, -0.1) is 0 Å². The standard InChI is InChI=1S/C22H20Cl2N2O7S3/c23-15-1-9-19(10-2-15)35(30,31)25-17-5-7-18(8-6-17)26(21-13-34(28,29)14-22(21)27)36(32,33)20-11-3-16(24)4-12-20/h1-12,21-22,25,27H,13-14H2/t21-,22-/m1/s1. The summed E-state index contributed by atoms with van der Waals surface area (Å²) < 4.78 is 80.0. The molecule has 0 spiro atoms. The van der Waals surface area contributed by atoms with Crippen LogP contribution in [0.25, 0.3) is 0 Å². The van der Waals surface area contributed by atoms with Gasteiger partial charge in [0.1, 0.15) is 0 Å². The molecule has 0 aromatic heterocycles. The zero-order chi connectivity index (χ0) is 26.3. The maximum atomic E-state index is 13.6. The molecule has 4 rings (SSSR count). The number of hydrogen-bond donors (Lipinski definition) is 2. The largest absolute Gasteiger partial charge is 0.390 e. The highest BCUT2D eigenvalue weighted by Gasteiger charge is 2.45. The van der Waals surface area contributed by atoms with Crippen molar-refractivity contribution >= 4 is 64.5 Å². The van der Waals surface area contributed by atoms with E-state index in [1.54, 1.807) is 0 Å². The number of benzene rings is 3. The minimum Gasteiger partial charge on any atom is -0.390 e. The van der Waals surface area contributed by atoms with Gasteiger partial charge in [0.25, 0.3) is 20.0 Å². The summed E-state index contributed by atoms with van der Waals surface area (Å²) in [5, 5.41) is 11.1. The summed E-state index contributed by atoms with van der Waals surface area (Å²) in [5.41, 5.74) is 0.178. The second-order valence-electron chi connectivity index (χ2n) is 8.07. The zero-order valence-corrected chi connectivity index (χ0v) is 22.3. The van der Waals surface area contributed by atoms with Gasteiger partial charge in [-0.1, -0.05) is 23.2 Å². The van der Waals surface area contributed by atoms with Crippen molar-refractivity contribution in [3.05, 3.63) is 82.8 Å². The molecule has 2 N–H and O–H groups in total. The lowest BCUT2D eigenvalue weighted by Gasteiger charge is -2.31. The quantitative estimate of drug-likeness (QED) is 0.431. The Bertz CT molecular complexity index is 1580. The van der Waals surface area contributed by atoms with Crippen molar-refractivity contribution in [3.8, 4) is 0 Å². The first-order valence-corrected chi connectivity index (χ1v) is 15.9. The van der Waals surface area contributed by atoms with Crippen LogP contribution in [0.4, 0.5) is 11.4 Å². The number of sulfone groups is 1. The van der Waals surface area contributed by atoms with Crippen molar-refractivity contribution in [1.82, 2.24) is 0 Å². The first-order chi connectivity index (χ1) is 16.8. The van der Waals surface area contributed by atoms with Gasteiger partial charge in [0.05, 0.1) is 39.1 Å². The predicted molar refractivity (Wildman–Crippen MR) is 138 cm³/mol.